The van der Waals surface area contributed by atoms with Crippen LogP contribution in [0.5, 0.6) is 0 Å². The van der Waals surface area contributed by atoms with E-state index in [1.165, 1.54) is 0 Å². The van der Waals surface area contributed by atoms with Gasteiger partial charge in [0.15, 0.2) is 0 Å². The number of rotatable bonds is 2. The van der Waals surface area contributed by atoms with Crippen molar-refractivity contribution in [2.45, 2.75) is 6.42 Å². The second kappa shape index (κ2) is 6.83. The quantitative estimate of drug-likeness (QED) is 0.486. The number of para-hydroxylation sites is 2. The van der Waals surface area contributed by atoms with Crippen molar-refractivity contribution in [3.63, 3.8) is 0 Å². The highest BCUT2D eigenvalue weighted by atomic mass is 35.5. The van der Waals surface area contributed by atoms with Gasteiger partial charge in [0.05, 0.1) is 22.8 Å². The first-order chi connectivity index (χ1) is 12.2. The maximum Gasteiger partial charge on any atom is 0.0889 e. The molecule has 0 bridgehead atoms. The van der Waals surface area contributed by atoms with Gasteiger partial charge in [-0.05, 0) is 47.5 Å². The maximum atomic E-state index is 6.03. The Morgan fingerprint density at radius 3 is 1.36 bits per heavy atom. The summed E-state index contributed by atoms with van der Waals surface area (Å²) in [6, 6.07) is 23.4. The van der Waals surface area contributed by atoms with E-state index < -0.39 is 0 Å². The molecule has 2 nitrogen and oxygen atoms in total. The Kier molecular flexibility index (Phi) is 4.39. The summed E-state index contributed by atoms with van der Waals surface area (Å²) in [5.41, 5.74) is 5.77. The molecule has 0 amide bonds. The smallest absolute Gasteiger partial charge is 0.0889 e. The molecule has 0 aromatic heterocycles. The van der Waals surface area contributed by atoms with Crippen molar-refractivity contribution in [2.75, 3.05) is 0 Å². The Morgan fingerprint density at radius 2 is 0.960 bits per heavy atom. The fraction of sp³-hybridized carbons (Fsp3) is 0.0476. The monoisotopic (exact) mass is 364 g/mol. The van der Waals surface area contributed by atoms with Crippen LogP contribution in [0.25, 0.3) is 0 Å². The van der Waals surface area contributed by atoms with Gasteiger partial charge < -0.3 is 0 Å². The van der Waals surface area contributed by atoms with Gasteiger partial charge >= 0.3 is 0 Å². The van der Waals surface area contributed by atoms with Gasteiger partial charge in [-0.15, -0.1) is 0 Å². The zero-order chi connectivity index (χ0) is 17.2. The zero-order valence-electron chi connectivity index (χ0n) is 13.3. The molecule has 3 aromatic carbocycles. The topological polar surface area (TPSA) is 24.7 Å². The van der Waals surface area contributed by atoms with Crippen molar-refractivity contribution in [2.24, 2.45) is 9.98 Å². The predicted molar refractivity (Wildman–Crippen MR) is 106 cm³/mol. The summed E-state index contributed by atoms with van der Waals surface area (Å²) in [5, 5.41) is 1.43. The first-order valence-corrected chi connectivity index (χ1v) is 8.71. The lowest BCUT2D eigenvalue weighted by Crippen LogP contribution is -2.09. The van der Waals surface area contributed by atoms with E-state index in [4.69, 9.17) is 33.2 Å². The number of nitrogens with zero attached hydrogens (tertiary/aromatic N) is 2. The van der Waals surface area contributed by atoms with Crippen LogP contribution in [0.15, 0.2) is 82.8 Å². The molecule has 0 saturated carbocycles. The summed E-state index contributed by atoms with van der Waals surface area (Å²) in [4.78, 5) is 9.73. The maximum absolute atomic E-state index is 6.03. The summed E-state index contributed by atoms with van der Waals surface area (Å²) in [7, 11) is 0. The highest BCUT2D eigenvalue weighted by Gasteiger charge is 2.16. The Balaban J connectivity index is 1.84. The number of halogens is 2. The average molecular weight is 365 g/mol. The van der Waals surface area contributed by atoms with Gasteiger partial charge in [-0.2, -0.15) is 0 Å². The Hall–Kier alpha value is -2.42. The van der Waals surface area contributed by atoms with Crippen LogP contribution in [0.3, 0.4) is 0 Å². The summed E-state index contributed by atoms with van der Waals surface area (Å²) >= 11 is 12.1. The third-order valence-corrected chi connectivity index (χ3v) is 4.59. The molecule has 1 aliphatic heterocycles. The fourth-order valence-electron chi connectivity index (χ4n) is 2.80. The molecule has 0 fully saturated rings. The number of benzene rings is 3. The van der Waals surface area contributed by atoms with Crippen LogP contribution in [0.4, 0.5) is 11.4 Å². The summed E-state index contributed by atoms with van der Waals surface area (Å²) < 4.78 is 0. The van der Waals surface area contributed by atoms with Crippen LogP contribution in [0.2, 0.25) is 10.0 Å². The van der Waals surface area contributed by atoms with E-state index in [9.17, 15) is 0 Å². The van der Waals surface area contributed by atoms with E-state index in [1.807, 2.05) is 72.8 Å². The molecule has 25 heavy (non-hydrogen) atoms. The Bertz CT molecular complexity index is 891. The van der Waals surface area contributed by atoms with Crippen LogP contribution in [-0.4, -0.2) is 11.4 Å². The largest absolute Gasteiger partial charge is 0.250 e. The third-order valence-electron chi connectivity index (χ3n) is 4.08. The fourth-order valence-corrected chi connectivity index (χ4v) is 3.05. The average Bonchev–Trinajstić information content (AvgIpc) is 2.82. The second-order valence-corrected chi connectivity index (χ2v) is 6.67. The van der Waals surface area contributed by atoms with Crippen LogP contribution in [0, 0.1) is 0 Å². The lowest BCUT2D eigenvalue weighted by Gasteiger charge is -2.08. The van der Waals surface area contributed by atoms with Crippen molar-refractivity contribution in [1.82, 2.24) is 0 Å². The van der Waals surface area contributed by atoms with Crippen LogP contribution in [0.1, 0.15) is 17.5 Å². The van der Waals surface area contributed by atoms with Crippen LogP contribution in [-0.2, 0) is 0 Å². The molecule has 4 rings (SSSR count). The molecule has 0 atom stereocenters. The van der Waals surface area contributed by atoms with Gasteiger partial charge in [0.25, 0.3) is 0 Å². The standard InChI is InChI=1S/C21H14Cl2N2/c22-16-9-5-14(6-10-16)20-13-21(15-7-11-17(23)12-8-15)25-19-4-2-1-3-18(19)24-20/h1-12H,13H2. The van der Waals surface area contributed by atoms with Gasteiger partial charge in [0, 0.05) is 16.5 Å². The van der Waals surface area contributed by atoms with Gasteiger partial charge in [0.2, 0.25) is 0 Å². The van der Waals surface area contributed by atoms with Gasteiger partial charge in [-0.25, -0.2) is 0 Å². The van der Waals surface area contributed by atoms with E-state index >= 15 is 0 Å². The summed E-state index contributed by atoms with van der Waals surface area (Å²) in [6.45, 7) is 0. The number of hydrogen-bond donors (Lipinski definition) is 0. The molecule has 0 radical (unpaired) electrons. The molecule has 0 spiro atoms. The first-order valence-electron chi connectivity index (χ1n) is 7.95. The molecule has 0 aliphatic carbocycles. The molecular formula is C21H14Cl2N2. The third kappa shape index (κ3) is 3.51. The normalized spacial score (nSPS) is 13.5. The minimum absolute atomic E-state index is 0.637. The highest BCUT2D eigenvalue weighted by molar-refractivity contribution is 6.31. The van der Waals surface area contributed by atoms with Crippen molar-refractivity contribution in [3.8, 4) is 0 Å². The van der Waals surface area contributed by atoms with Gasteiger partial charge in [-0.3, -0.25) is 9.98 Å². The molecular weight excluding hydrogens is 351 g/mol. The Labute approximate surface area is 156 Å². The summed E-state index contributed by atoms with van der Waals surface area (Å²) in [5.74, 6) is 0. The molecule has 0 saturated heterocycles. The van der Waals surface area contributed by atoms with Crippen LogP contribution < -0.4 is 0 Å². The van der Waals surface area contributed by atoms with E-state index in [2.05, 4.69) is 0 Å². The van der Waals surface area contributed by atoms with Gasteiger partial charge in [-0.1, -0.05) is 59.6 Å². The lowest BCUT2D eigenvalue weighted by atomic mass is 10.00. The van der Waals surface area contributed by atoms with E-state index in [-0.39, 0.29) is 0 Å². The second-order valence-electron chi connectivity index (χ2n) is 5.80. The number of hydrogen-bond acceptors (Lipinski definition) is 2. The van der Waals surface area contributed by atoms with Crippen molar-refractivity contribution in [3.05, 3.63) is 94.0 Å². The molecule has 1 heterocycles. The van der Waals surface area contributed by atoms with Crippen molar-refractivity contribution < 1.29 is 0 Å². The minimum atomic E-state index is 0.637. The molecule has 1 aliphatic rings. The number of fused-ring (bicyclic) bond motifs is 1. The first kappa shape index (κ1) is 16.1. The Morgan fingerprint density at radius 1 is 0.560 bits per heavy atom. The van der Waals surface area contributed by atoms with Crippen LogP contribution >= 0.6 is 23.2 Å². The van der Waals surface area contributed by atoms with Gasteiger partial charge in [0.1, 0.15) is 0 Å². The highest BCUT2D eigenvalue weighted by Crippen LogP contribution is 2.32. The zero-order valence-corrected chi connectivity index (χ0v) is 14.8. The predicted octanol–water partition coefficient (Wildman–Crippen LogP) is 6.64. The van der Waals surface area contributed by atoms with Crippen molar-refractivity contribution >= 4 is 46.0 Å². The van der Waals surface area contributed by atoms with E-state index in [0.717, 1.165) is 33.9 Å². The molecule has 3 aromatic rings. The molecule has 122 valence electrons. The number of aliphatic imine (C=N–C) groups is 2. The SMILES string of the molecule is Clc1ccc(C2=Nc3ccccc3N=C(c3ccc(Cl)cc3)C2)cc1. The lowest BCUT2D eigenvalue weighted by molar-refractivity contribution is 1.44. The van der Waals surface area contributed by atoms with E-state index in [1.54, 1.807) is 0 Å². The van der Waals surface area contributed by atoms with E-state index in [0.29, 0.717) is 16.5 Å². The molecule has 4 heteroatoms. The molecule has 0 unspecified atom stereocenters. The summed E-state index contributed by atoms with van der Waals surface area (Å²) in [6.07, 6.45) is 0.637. The minimum Gasteiger partial charge on any atom is -0.250 e. The van der Waals surface area contributed by atoms with Crippen molar-refractivity contribution in [1.29, 1.82) is 0 Å². The molecule has 0 N–H and O–H groups in total.